The number of nitrogens with zero attached hydrogens (tertiary/aromatic N) is 2. The largest absolute Gasteiger partial charge is 0.474 e. The summed E-state index contributed by atoms with van der Waals surface area (Å²) < 4.78 is 5.72. The minimum absolute atomic E-state index is 0.143. The molecule has 0 bridgehead atoms. The standard InChI is InChI=1S/C21H22N2O7S/c1-12(24)19(27)11-31-18(20(28,13(2)25)21(19,29)14(3)26)30-16-6-7-17(23-10-16)15-5-4-8-22-9-15/h4-10,18,27-29H,11H2,1-3H3/t18-,19-,20-,21-/m0/s1. The lowest BCUT2D eigenvalue weighted by atomic mass is 9.65. The molecule has 3 rings (SSSR count). The first-order valence-electron chi connectivity index (χ1n) is 9.33. The van der Waals surface area contributed by atoms with E-state index >= 15 is 0 Å². The smallest absolute Gasteiger partial charge is 0.208 e. The summed E-state index contributed by atoms with van der Waals surface area (Å²) in [6.07, 6.45) is 4.61. The van der Waals surface area contributed by atoms with E-state index in [2.05, 4.69) is 9.97 Å². The molecule has 0 aromatic carbocycles. The molecule has 0 saturated carbocycles. The van der Waals surface area contributed by atoms with Gasteiger partial charge in [0.05, 0.1) is 11.9 Å². The summed E-state index contributed by atoms with van der Waals surface area (Å²) in [4.78, 5) is 45.3. The molecule has 164 valence electrons. The maximum absolute atomic E-state index is 12.5. The van der Waals surface area contributed by atoms with Crippen LogP contribution in [0.4, 0.5) is 0 Å². The fourth-order valence-corrected chi connectivity index (χ4v) is 5.18. The molecule has 2 aromatic heterocycles. The number of ether oxygens (including phenoxy) is 1. The number of rotatable bonds is 6. The normalized spacial score (nSPS) is 30.5. The average molecular weight is 446 g/mol. The molecule has 1 saturated heterocycles. The third-order valence-electron chi connectivity index (χ3n) is 5.50. The molecule has 31 heavy (non-hydrogen) atoms. The number of carbonyl (C=O) groups is 3. The molecule has 1 fully saturated rings. The molecule has 0 radical (unpaired) electrons. The minimum Gasteiger partial charge on any atom is -0.474 e. The van der Waals surface area contributed by atoms with E-state index < -0.39 is 45.3 Å². The van der Waals surface area contributed by atoms with Gasteiger partial charge in [0.25, 0.3) is 0 Å². The average Bonchev–Trinajstić information content (AvgIpc) is 2.74. The lowest BCUT2D eigenvalue weighted by molar-refractivity contribution is -0.236. The number of ketones is 3. The lowest BCUT2D eigenvalue weighted by Gasteiger charge is -2.54. The van der Waals surface area contributed by atoms with E-state index in [4.69, 9.17) is 4.74 Å². The second-order valence-electron chi connectivity index (χ2n) is 7.39. The van der Waals surface area contributed by atoms with Crippen LogP contribution in [0, 0.1) is 0 Å². The van der Waals surface area contributed by atoms with E-state index in [1.807, 2.05) is 6.07 Å². The van der Waals surface area contributed by atoms with Gasteiger partial charge in [0.1, 0.15) is 5.75 Å². The Morgan fingerprint density at radius 2 is 1.74 bits per heavy atom. The summed E-state index contributed by atoms with van der Waals surface area (Å²) >= 11 is 0.735. The fourth-order valence-electron chi connectivity index (χ4n) is 3.62. The van der Waals surface area contributed by atoms with Crippen molar-refractivity contribution >= 4 is 29.1 Å². The molecule has 10 heteroatoms. The van der Waals surface area contributed by atoms with Crippen LogP contribution in [0.1, 0.15) is 20.8 Å². The Hall–Kier alpha value is -2.66. The third kappa shape index (κ3) is 3.45. The number of aromatic nitrogens is 2. The third-order valence-corrected chi connectivity index (χ3v) is 6.82. The number of thioether (sulfide) groups is 1. The van der Waals surface area contributed by atoms with Crippen molar-refractivity contribution in [2.24, 2.45) is 0 Å². The van der Waals surface area contributed by atoms with Crippen LogP contribution in [0.5, 0.6) is 5.75 Å². The van der Waals surface area contributed by atoms with Gasteiger partial charge in [0.15, 0.2) is 34.0 Å². The molecule has 1 aliphatic heterocycles. The predicted molar refractivity (Wildman–Crippen MR) is 111 cm³/mol. The van der Waals surface area contributed by atoms with Crippen LogP contribution in [0.2, 0.25) is 0 Å². The highest BCUT2D eigenvalue weighted by atomic mass is 32.2. The van der Waals surface area contributed by atoms with Crippen molar-refractivity contribution in [1.29, 1.82) is 0 Å². The zero-order valence-electron chi connectivity index (χ0n) is 17.1. The first kappa shape index (κ1) is 23.0. The monoisotopic (exact) mass is 446 g/mol. The Morgan fingerprint density at radius 3 is 2.23 bits per heavy atom. The van der Waals surface area contributed by atoms with Gasteiger partial charge in [0, 0.05) is 23.7 Å². The maximum Gasteiger partial charge on any atom is 0.208 e. The summed E-state index contributed by atoms with van der Waals surface area (Å²) in [5, 5.41) is 33.3. The van der Waals surface area contributed by atoms with E-state index in [1.54, 1.807) is 24.5 Å². The predicted octanol–water partition coefficient (Wildman–Crippen LogP) is 0.556. The zero-order chi connectivity index (χ0) is 23.0. The van der Waals surface area contributed by atoms with Crippen molar-refractivity contribution in [3.63, 3.8) is 0 Å². The first-order chi connectivity index (χ1) is 14.5. The van der Waals surface area contributed by atoms with Crippen LogP contribution in [-0.2, 0) is 14.4 Å². The van der Waals surface area contributed by atoms with Crippen LogP contribution < -0.4 is 4.74 Å². The molecular weight excluding hydrogens is 424 g/mol. The maximum atomic E-state index is 12.5. The van der Waals surface area contributed by atoms with Gasteiger partial charge in [-0.3, -0.25) is 24.4 Å². The molecule has 0 amide bonds. The first-order valence-corrected chi connectivity index (χ1v) is 10.4. The van der Waals surface area contributed by atoms with Crippen LogP contribution >= 0.6 is 11.8 Å². The highest BCUT2D eigenvalue weighted by Crippen LogP contribution is 2.49. The number of Topliss-reactive ketones (excluding diaryl/α,β-unsaturated/α-hetero) is 3. The number of hydrogen-bond acceptors (Lipinski definition) is 10. The molecule has 0 aliphatic carbocycles. The van der Waals surface area contributed by atoms with Crippen molar-refractivity contribution < 1.29 is 34.4 Å². The van der Waals surface area contributed by atoms with Gasteiger partial charge in [-0.2, -0.15) is 0 Å². The van der Waals surface area contributed by atoms with Crippen molar-refractivity contribution in [2.75, 3.05) is 5.75 Å². The molecule has 3 heterocycles. The molecule has 2 aromatic rings. The highest BCUT2D eigenvalue weighted by molar-refractivity contribution is 8.00. The number of aliphatic hydroxyl groups is 3. The molecule has 0 unspecified atom stereocenters. The molecule has 3 N–H and O–H groups in total. The van der Waals surface area contributed by atoms with E-state index in [1.165, 1.54) is 12.3 Å². The van der Waals surface area contributed by atoms with Gasteiger partial charge in [-0.1, -0.05) is 0 Å². The Kier molecular flexibility index (Phi) is 6.03. The van der Waals surface area contributed by atoms with E-state index in [0.717, 1.165) is 38.1 Å². The molecule has 4 atom stereocenters. The van der Waals surface area contributed by atoms with Gasteiger partial charge >= 0.3 is 0 Å². The Labute approximate surface area is 182 Å². The van der Waals surface area contributed by atoms with Crippen LogP contribution in [0.3, 0.4) is 0 Å². The zero-order valence-corrected chi connectivity index (χ0v) is 17.9. The van der Waals surface area contributed by atoms with Gasteiger partial charge in [-0.15, -0.1) is 11.8 Å². The van der Waals surface area contributed by atoms with Crippen molar-refractivity contribution in [3.8, 4) is 17.0 Å². The van der Waals surface area contributed by atoms with Crippen molar-refractivity contribution in [3.05, 3.63) is 42.9 Å². The number of hydrogen-bond donors (Lipinski definition) is 3. The van der Waals surface area contributed by atoms with Crippen LogP contribution in [0.15, 0.2) is 42.9 Å². The van der Waals surface area contributed by atoms with Crippen LogP contribution in [-0.4, -0.2) is 70.6 Å². The Morgan fingerprint density at radius 1 is 1.03 bits per heavy atom. The second-order valence-corrected chi connectivity index (χ2v) is 8.44. The number of carbonyl (C=O) groups excluding carboxylic acids is 3. The summed E-state index contributed by atoms with van der Waals surface area (Å²) in [6, 6.07) is 6.74. The van der Waals surface area contributed by atoms with Gasteiger partial charge in [0.2, 0.25) is 5.60 Å². The van der Waals surface area contributed by atoms with Gasteiger partial charge in [-0.05, 0) is 45.0 Å². The second kappa shape index (κ2) is 8.12. The summed E-state index contributed by atoms with van der Waals surface area (Å²) in [5.41, 5.74) is -8.80. The molecule has 1 aliphatic rings. The Bertz CT molecular complexity index is 1020. The summed E-state index contributed by atoms with van der Waals surface area (Å²) in [7, 11) is 0. The summed E-state index contributed by atoms with van der Waals surface area (Å²) in [6.45, 7) is 2.80. The Balaban J connectivity index is 1.99. The summed E-state index contributed by atoms with van der Waals surface area (Å²) in [5.74, 6) is -3.47. The van der Waals surface area contributed by atoms with Gasteiger partial charge in [-0.25, -0.2) is 0 Å². The topological polar surface area (TPSA) is 147 Å². The van der Waals surface area contributed by atoms with E-state index in [0.29, 0.717) is 5.69 Å². The van der Waals surface area contributed by atoms with E-state index in [-0.39, 0.29) is 5.75 Å². The van der Waals surface area contributed by atoms with Crippen molar-refractivity contribution in [2.45, 2.75) is 43.0 Å². The minimum atomic E-state index is -3.10. The molecule has 0 spiro atoms. The molecular formula is C21H22N2O7S. The van der Waals surface area contributed by atoms with Gasteiger partial charge < -0.3 is 20.1 Å². The quantitative estimate of drug-likeness (QED) is 0.575. The highest BCUT2D eigenvalue weighted by Gasteiger charge is 2.75. The lowest BCUT2D eigenvalue weighted by Crippen LogP contribution is -2.82. The SMILES string of the molecule is CC(=O)[C@]1(O)[C@@](O)(C(C)=O)CS[C@H](Oc2ccc(-c3cccnc3)nc2)[C@@]1(O)C(C)=O. The van der Waals surface area contributed by atoms with Crippen molar-refractivity contribution in [1.82, 2.24) is 9.97 Å². The number of pyridine rings is 2. The fraction of sp³-hybridized carbons (Fsp3) is 0.381. The van der Waals surface area contributed by atoms with E-state index in [9.17, 15) is 29.7 Å². The van der Waals surface area contributed by atoms with Crippen LogP contribution in [0.25, 0.3) is 11.3 Å². The molecule has 9 nitrogen and oxygen atoms in total.